The summed E-state index contributed by atoms with van der Waals surface area (Å²) in [6, 6.07) is 6.39. The summed E-state index contributed by atoms with van der Waals surface area (Å²) in [5, 5.41) is 2.79. The molecule has 0 radical (unpaired) electrons. The van der Waals surface area contributed by atoms with Crippen LogP contribution in [0, 0.1) is 5.92 Å². The topological polar surface area (TPSA) is 75.7 Å². The number of ether oxygens (including phenoxy) is 1. The summed E-state index contributed by atoms with van der Waals surface area (Å²) in [5.74, 6) is -0.790. The Hall–Kier alpha value is -2.89. The molecule has 0 saturated heterocycles. The van der Waals surface area contributed by atoms with Crippen LogP contribution in [-0.2, 0) is 14.3 Å². The highest BCUT2D eigenvalue weighted by Crippen LogP contribution is 2.30. The van der Waals surface area contributed by atoms with Crippen molar-refractivity contribution in [3.05, 3.63) is 55.1 Å². The van der Waals surface area contributed by atoms with E-state index in [-0.39, 0.29) is 24.3 Å². The number of benzene rings is 1. The number of rotatable bonds is 9. The van der Waals surface area contributed by atoms with Crippen LogP contribution in [-0.4, -0.2) is 42.4 Å². The van der Waals surface area contributed by atoms with Crippen LogP contribution in [0.2, 0.25) is 0 Å². The lowest BCUT2D eigenvalue weighted by molar-refractivity contribution is -0.133. The molecule has 0 bridgehead atoms. The number of carbonyl (C=O) groups excluding carboxylic acids is 3. The lowest BCUT2D eigenvalue weighted by Crippen LogP contribution is -2.35. The van der Waals surface area contributed by atoms with Gasteiger partial charge < -0.3 is 15.0 Å². The van der Waals surface area contributed by atoms with Gasteiger partial charge in [-0.1, -0.05) is 12.2 Å². The first-order chi connectivity index (χ1) is 12.0. The van der Waals surface area contributed by atoms with Gasteiger partial charge in [-0.05, 0) is 37.1 Å². The van der Waals surface area contributed by atoms with E-state index in [9.17, 15) is 14.4 Å². The average molecular weight is 342 g/mol. The number of carbonyl (C=O) groups is 3. The minimum atomic E-state index is -0.592. The van der Waals surface area contributed by atoms with E-state index in [4.69, 9.17) is 4.74 Å². The van der Waals surface area contributed by atoms with Crippen molar-refractivity contribution in [1.29, 1.82) is 0 Å². The van der Waals surface area contributed by atoms with Crippen LogP contribution >= 0.6 is 0 Å². The van der Waals surface area contributed by atoms with E-state index in [2.05, 4.69) is 18.5 Å². The van der Waals surface area contributed by atoms with Gasteiger partial charge in [0.1, 0.15) is 0 Å². The minimum absolute atomic E-state index is 0.00505. The molecule has 25 heavy (non-hydrogen) atoms. The van der Waals surface area contributed by atoms with Crippen LogP contribution in [0.1, 0.15) is 23.2 Å². The Balaban J connectivity index is 1.85. The highest BCUT2D eigenvalue weighted by molar-refractivity contribution is 5.95. The van der Waals surface area contributed by atoms with Gasteiger partial charge in [-0.15, -0.1) is 13.2 Å². The molecule has 0 heterocycles. The molecule has 0 spiro atoms. The number of amides is 2. The van der Waals surface area contributed by atoms with E-state index in [1.165, 1.54) is 4.90 Å². The molecule has 132 valence electrons. The van der Waals surface area contributed by atoms with Gasteiger partial charge in [-0.25, -0.2) is 4.79 Å². The summed E-state index contributed by atoms with van der Waals surface area (Å²) in [7, 11) is 0. The third-order valence-corrected chi connectivity index (χ3v) is 3.71. The summed E-state index contributed by atoms with van der Waals surface area (Å²) in [4.78, 5) is 37.2. The molecule has 1 aliphatic rings. The fourth-order valence-corrected chi connectivity index (χ4v) is 2.17. The Morgan fingerprint density at radius 1 is 1.12 bits per heavy atom. The predicted molar refractivity (Wildman–Crippen MR) is 95.1 cm³/mol. The maximum absolute atomic E-state index is 12.0. The van der Waals surface area contributed by atoms with Crippen molar-refractivity contribution >= 4 is 23.5 Å². The largest absolute Gasteiger partial charge is 0.452 e. The highest BCUT2D eigenvalue weighted by Gasteiger charge is 2.29. The van der Waals surface area contributed by atoms with Crippen molar-refractivity contribution in [2.24, 2.45) is 5.92 Å². The van der Waals surface area contributed by atoms with Gasteiger partial charge in [-0.3, -0.25) is 9.59 Å². The molecule has 1 fully saturated rings. The summed E-state index contributed by atoms with van der Waals surface area (Å²) in [5.41, 5.74) is 0.948. The predicted octanol–water partition coefficient (Wildman–Crippen LogP) is 2.39. The zero-order valence-electron chi connectivity index (χ0n) is 14.1. The number of hydrogen-bond donors (Lipinski definition) is 1. The van der Waals surface area contributed by atoms with Gasteiger partial charge in [0, 0.05) is 24.7 Å². The summed E-state index contributed by atoms with van der Waals surface area (Å²) in [6.07, 6.45) is 5.05. The zero-order valence-corrected chi connectivity index (χ0v) is 14.1. The number of anilines is 1. The van der Waals surface area contributed by atoms with Gasteiger partial charge in [0.25, 0.3) is 5.91 Å². The van der Waals surface area contributed by atoms with Gasteiger partial charge in [0.05, 0.1) is 5.56 Å². The fourth-order valence-electron chi connectivity index (χ4n) is 2.17. The second-order valence-corrected chi connectivity index (χ2v) is 5.79. The van der Waals surface area contributed by atoms with Crippen LogP contribution < -0.4 is 5.32 Å². The molecular formula is C19H22N2O4. The molecule has 6 nitrogen and oxygen atoms in total. The van der Waals surface area contributed by atoms with Crippen LogP contribution in [0.3, 0.4) is 0 Å². The van der Waals surface area contributed by atoms with Gasteiger partial charge >= 0.3 is 5.97 Å². The van der Waals surface area contributed by atoms with E-state index >= 15 is 0 Å². The third kappa shape index (κ3) is 5.60. The molecule has 1 N–H and O–H groups in total. The minimum Gasteiger partial charge on any atom is -0.452 e. The van der Waals surface area contributed by atoms with E-state index < -0.39 is 5.97 Å². The van der Waals surface area contributed by atoms with Gasteiger partial charge in [0.15, 0.2) is 6.61 Å². The standard InChI is InChI=1S/C19H22N2O4/c1-3-11-21(12-4-2)17(22)13-25-19(24)15-7-9-16(10-8-15)20-18(23)14-5-6-14/h3-4,7-10,14H,1-2,5-6,11-13H2,(H,20,23). The number of nitrogens with zero attached hydrogens (tertiary/aromatic N) is 1. The summed E-state index contributed by atoms with van der Waals surface area (Å²) in [6.45, 7) is 7.54. The number of esters is 1. The smallest absolute Gasteiger partial charge is 0.338 e. The van der Waals surface area contributed by atoms with E-state index in [1.807, 2.05) is 0 Å². The molecule has 1 saturated carbocycles. The molecule has 2 amide bonds. The third-order valence-electron chi connectivity index (χ3n) is 3.71. The van der Waals surface area contributed by atoms with E-state index in [0.29, 0.717) is 24.3 Å². The number of nitrogens with one attached hydrogen (secondary N) is 1. The van der Waals surface area contributed by atoms with Crippen LogP contribution in [0.4, 0.5) is 5.69 Å². The SMILES string of the molecule is C=CCN(CC=C)C(=O)COC(=O)c1ccc(NC(=O)C2CC2)cc1. The molecule has 0 atom stereocenters. The van der Waals surface area contributed by atoms with Crippen molar-refractivity contribution in [3.63, 3.8) is 0 Å². The van der Waals surface area contributed by atoms with Crippen molar-refractivity contribution in [2.45, 2.75) is 12.8 Å². The van der Waals surface area contributed by atoms with Gasteiger partial charge in [0.2, 0.25) is 5.91 Å². The molecule has 0 aliphatic heterocycles. The maximum atomic E-state index is 12.0. The highest BCUT2D eigenvalue weighted by atomic mass is 16.5. The Morgan fingerprint density at radius 2 is 1.72 bits per heavy atom. The Morgan fingerprint density at radius 3 is 2.24 bits per heavy atom. The van der Waals surface area contributed by atoms with Crippen LogP contribution in [0.5, 0.6) is 0 Å². The monoisotopic (exact) mass is 342 g/mol. The van der Waals surface area contributed by atoms with Crippen molar-refractivity contribution in [2.75, 3.05) is 25.0 Å². The van der Waals surface area contributed by atoms with Crippen molar-refractivity contribution in [1.82, 2.24) is 4.90 Å². The Labute approximate surface area is 147 Å². The van der Waals surface area contributed by atoms with E-state index in [0.717, 1.165) is 12.8 Å². The average Bonchev–Trinajstić information content (AvgIpc) is 3.45. The maximum Gasteiger partial charge on any atom is 0.338 e. The molecule has 6 heteroatoms. The zero-order chi connectivity index (χ0) is 18.2. The molecule has 0 aromatic heterocycles. The summed E-state index contributed by atoms with van der Waals surface area (Å²) < 4.78 is 5.05. The first-order valence-electron chi connectivity index (χ1n) is 8.12. The molecule has 1 aliphatic carbocycles. The Kier molecular flexibility index (Phi) is 6.51. The second-order valence-electron chi connectivity index (χ2n) is 5.79. The van der Waals surface area contributed by atoms with Crippen LogP contribution in [0.15, 0.2) is 49.6 Å². The summed E-state index contributed by atoms with van der Waals surface area (Å²) >= 11 is 0. The molecule has 2 rings (SSSR count). The molecular weight excluding hydrogens is 320 g/mol. The Bertz CT molecular complexity index is 653. The van der Waals surface area contributed by atoms with Gasteiger partial charge in [-0.2, -0.15) is 0 Å². The lowest BCUT2D eigenvalue weighted by atomic mass is 10.2. The molecule has 1 aromatic carbocycles. The quantitative estimate of drug-likeness (QED) is 0.552. The molecule has 0 unspecified atom stereocenters. The van der Waals surface area contributed by atoms with E-state index in [1.54, 1.807) is 36.4 Å². The first kappa shape index (κ1) is 18.4. The van der Waals surface area contributed by atoms with Crippen LogP contribution in [0.25, 0.3) is 0 Å². The lowest BCUT2D eigenvalue weighted by Gasteiger charge is -2.18. The van der Waals surface area contributed by atoms with Crippen molar-refractivity contribution < 1.29 is 19.1 Å². The first-order valence-corrected chi connectivity index (χ1v) is 8.12. The second kappa shape index (κ2) is 8.82. The molecule has 1 aromatic rings. The number of hydrogen-bond acceptors (Lipinski definition) is 4. The normalized spacial score (nSPS) is 12.8. The van der Waals surface area contributed by atoms with Crippen molar-refractivity contribution in [3.8, 4) is 0 Å². The fraction of sp³-hybridized carbons (Fsp3) is 0.316.